The Bertz CT molecular complexity index is 1210. The van der Waals surface area contributed by atoms with Crippen LogP contribution in [0.1, 0.15) is 24.0 Å². The molecule has 1 N–H and O–H groups in total. The molecule has 31 heavy (non-hydrogen) atoms. The molecule has 8 heteroatoms. The fourth-order valence-corrected chi connectivity index (χ4v) is 3.29. The van der Waals surface area contributed by atoms with E-state index in [-0.39, 0.29) is 11.6 Å². The third-order valence-electron chi connectivity index (χ3n) is 5.00. The molecule has 158 valence electrons. The molecule has 0 bridgehead atoms. The number of anilines is 2. The Kier molecular flexibility index (Phi) is 5.54. The first kappa shape index (κ1) is 20.7. The molecule has 4 nitrogen and oxygen atoms in total. The molecule has 4 aromatic rings. The zero-order valence-electron chi connectivity index (χ0n) is 16.5. The van der Waals surface area contributed by atoms with Gasteiger partial charge in [0.2, 0.25) is 0 Å². The number of hydrogen-bond acceptors (Lipinski definition) is 4. The summed E-state index contributed by atoms with van der Waals surface area (Å²) >= 11 is 0. The lowest BCUT2D eigenvalue weighted by Gasteiger charge is -2.13. The highest BCUT2D eigenvalue weighted by molar-refractivity contribution is 5.93. The predicted molar refractivity (Wildman–Crippen MR) is 112 cm³/mol. The molecule has 0 saturated carbocycles. The van der Waals surface area contributed by atoms with Gasteiger partial charge in [-0.1, -0.05) is 25.1 Å². The van der Waals surface area contributed by atoms with Gasteiger partial charge in [-0.3, -0.25) is 9.37 Å². The van der Waals surface area contributed by atoms with Crippen molar-refractivity contribution in [3.63, 3.8) is 0 Å². The van der Waals surface area contributed by atoms with Gasteiger partial charge in [0.1, 0.15) is 12.1 Å². The Hall–Kier alpha value is -3.55. The second-order valence-corrected chi connectivity index (χ2v) is 7.15. The molecule has 2 heterocycles. The standard InChI is InChI=1S/C23H18F4N4/c1-14(12-24)15-4-7-17(8-5-15)31-22-18-9-6-16(11-20(18)29-13-30-22)21-19(23(25,26)27)3-2-10-28-21/h2-11,13-14H,12H2,1H3,(H,29,30,31). The second kappa shape index (κ2) is 8.29. The van der Waals surface area contributed by atoms with Crippen molar-refractivity contribution in [1.29, 1.82) is 0 Å². The summed E-state index contributed by atoms with van der Waals surface area (Å²) in [5, 5.41) is 3.84. The van der Waals surface area contributed by atoms with Crippen LogP contribution < -0.4 is 5.32 Å². The van der Waals surface area contributed by atoms with Crippen LogP contribution in [0.2, 0.25) is 0 Å². The molecule has 0 aliphatic carbocycles. The smallest absolute Gasteiger partial charge is 0.340 e. The second-order valence-electron chi connectivity index (χ2n) is 7.15. The largest absolute Gasteiger partial charge is 0.418 e. The first-order valence-corrected chi connectivity index (χ1v) is 9.57. The molecule has 0 aliphatic heterocycles. The van der Waals surface area contributed by atoms with Crippen LogP contribution in [0.4, 0.5) is 29.1 Å². The van der Waals surface area contributed by atoms with E-state index < -0.39 is 18.4 Å². The summed E-state index contributed by atoms with van der Waals surface area (Å²) in [7, 11) is 0. The van der Waals surface area contributed by atoms with E-state index in [1.165, 1.54) is 18.6 Å². The van der Waals surface area contributed by atoms with E-state index >= 15 is 0 Å². The molecular weight excluding hydrogens is 408 g/mol. The molecule has 1 unspecified atom stereocenters. The predicted octanol–water partition coefficient (Wildman–Crippen LogP) is 6.53. The van der Waals surface area contributed by atoms with Crippen molar-refractivity contribution in [2.75, 3.05) is 12.0 Å². The van der Waals surface area contributed by atoms with Crippen molar-refractivity contribution >= 4 is 22.4 Å². The van der Waals surface area contributed by atoms with E-state index in [9.17, 15) is 17.6 Å². The zero-order chi connectivity index (χ0) is 22.0. The number of aromatic nitrogens is 3. The van der Waals surface area contributed by atoms with Crippen LogP contribution >= 0.6 is 0 Å². The van der Waals surface area contributed by atoms with Gasteiger partial charge in [-0.15, -0.1) is 0 Å². The van der Waals surface area contributed by atoms with Crippen LogP contribution in [0.5, 0.6) is 0 Å². The quantitative estimate of drug-likeness (QED) is 0.369. The fraction of sp³-hybridized carbons (Fsp3) is 0.174. The van der Waals surface area contributed by atoms with Crippen LogP contribution in [0.15, 0.2) is 67.1 Å². The number of halogens is 4. The molecular formula is C23H18F4N4. The number of pyridine rings is 1. The lowest BCUT2D eigenvalue weighted by atomic mass is 10.0. The number of rotatable bonds is 5. The Morgan fingerprint density at radius 2 is 1.74 bits per heavy atom. The van der Waals surface area contributed by atoms with Gasteiger partial charge in [0.05, 0.1) is 23.4 Å². The highest BCUT2D eigenvalue weighted by Gasteiger charge is 2.34. The normalized spacial score (nSPS) is 12.7. The monoisotopic (exact) mass is 426 g/mol. The maximum absolute atomic E-state index is 13.4. The van der Waals surface area contributed by atoms with Gasteiger partial charge in [-0.2, -0.15) is 13.2 Å². The van der Waals surface area contributed by atoms with Gasteiger partial charge in [0, 0.05) is 28.8 Å². The minimum atomic E-state index is -4.51. The summed E-state index contributed by atoms with van der Waals surface area (Å²) in [6.45, 7) is 1.38. The van der Waals surface area contributed by atoms with Crippen LogP contribution in [0, 0.1) is 0 Å². The van der Waals surface area contributed by atoms with Gasteiger partial charge < -0.3 is 5.32 Å². The van der Waals surface area contributed by atoms with Crippen molar-refractivity contribution in [3.05, 3.63) is 78.2 Å². The number of nitrogens with one attached hydrogen (secondary N) is 1. The number of fused-ring (bicyclic) bond motifs is 1. The van der Waals surface area contributed by atoms with Crippen molar-refractivity contribution < 1.29 is 17.6 Å². The van der Waals surface area contributed by atoms with Crippen molar-refractivity contribution in [2.45, 2.75) is 19.0 Å². The molecule has 0 fully saturated rings. The molecule has 1 atom stereocenters. The first-order valence-electron chi connectivity index (χ1n) is 9.57. The van der Waals surface area contributed by atoms with E-state index in [1.807, 2.05) is 31.2 Å². The molecule has 0 saturated heterocycles. The maximum Gasteiger partial charge on any atom is 0.418 e. The van der Waals surface area contributed by atoms with Crippen molar-refractivity contribution in [1.82, 2.24) is 15.0 Å². The summed E-state index contributed by atoms with van der Waals surface area (Å²) in [6, 6.07) is 14.4. The van der Waals surface area contributed by atoms with Crippen LogP contribution in [-0.2, 0) is 6.18 Å². The summed E-state index contributed by atoms with van der Waals surface area (Å²) < 4.78 is 52.9. The van der Waals surface area contributed by atoms with E-state index in [1.54, 1.807) is 18.2 Å². The lowest BCUT2D eigenvalue weighted by molar-refractivity contribution is -0.137. The molecule has 0 aliphatic rings. The maximum atomic E-state index is 13.4. The van der Waals surface area contributed by atoms with E-state index in [4.69, 9.17) is 0 Å². The number of alkyl halides is 4. The molecule has 0 amide bonds. The average Bonchev–Trinajstić information content (AvgIpc) is 2.78. The van der Waals surface area contributed by atoms with Crippen LogP contribution in [0.25, 0.3) is 22.2 Å². The lowest BCUT2D eigenvalue weighted by Crippen LogP contribution is -2.08. The van der Waals surface area contributed by atoms with Gasteiger partial charge >= 0.3 is 6.18 Å². The number of hydrogen-bond donors (Lipinski definition) is 1. The number of nitrogens with zero attached hydrogens (tertiary/aromatic N) is 3. The van der Waals surface area contributed by atoms with Gasteiger partial charge in [0.15, 0.2) is 0 Å². The molecule has 0 spiro atoms. The first-order chi connectivity index (χ1) is 14.9. The van der Waals surface area contributed by atoms with Crippen molar-refractivity contribution in [3.8, 4) is 11.3 Å². The van der Waals surface area contributed by atoms with Gasteiger partial charge in [0.25, 0.3) is 0 Å². The van der Waals surface area contributed by atoms with Gasteiger partial charge in [-0.05, 0) is 42.0 Å². The highest BCUT2D eigenvalue weighted by Crippen LogP contribution is 2.36. The van der Waals surface area contributed by atoms with E-state index in [2.05, 4.69) is 20.3 Å². The molecule has 2 aromatic carbocycles. The fourth-order valence-electron chi connectivity index (χ4n) is 3.29. The summed E-state index contributed by atoms with van der Waals surface area (Å²) in [6.07, 6.45) is -1.84. The minimum absolute atomic E-state index is 0.150. The Balaban J connectivity index is 1.68. The Morgan fingerprint density at radius 1 is 0.968 bits per heavy atom. The minimum Gasteiger partial charge on any atom is -0.340 e. The summed E-state index contributed by atoms with van der Waals surface area (Å²) in [5.41, 5.74) is 1.49. The van der Waals surface area contributed by atoms with E-state index in [0.29, 0.717) is 22.3 Å². The van der Waals surface area contributed by atoms with E-state index in [0.717, 1.165) is 17.3 Å². The summed E-state index contributed by atoms with van der Waals surface area (Å²) in [4.78, 5) is 12.4. The third kappa shape index (κ3) is 4.33. The van der Waals surface area contributed by atoms with Crippen LogP contribution in [0.3, 0.4) is 0 Å². The zero-order valence-corrected chi connectivity index (χ0v) is 16.5. The highest BCUT2D eigenvalue weighted by atomic mass is 19.4. The van der Waals surface area contributed by atoms with Crippen LogP contribution in [-0.4, -0.2) is 21.6 Å². The summed E-state index contributed by atoms with van der Waals surface area (Å²) in [5.74, 6) is 0.334. The number of benzene rings is 2. The average molecular weight is 426 g/mol. The van der Waals surface area contributed by atoms with Gasteiger partial charge in [-0.25, -0.2) is 9.97 Å². The van der Waals surface area contributed by atoms with Crippen molar-refractivity contribution in [2.24, 2.45) is 0 Å². The molecule has 0 radical (unpaired) electrons. The SMILES string of the molecule is CC(CF)c1ccc(Nc2ncnc3cc(-c4ncccc4C(F)(F)F)ccc23)cc1. The molecule has 2 aromatic heterocycles. The molecule has 4 rings (SSSR count). The topological polar surface area (TPSA) is 50.7 Å². The Labute approximate surface area is 176 Å². The Morgan fingerprint density at radius 3 is 2.45 bits per heavy atom. The third-order valence-corrected chi connectivity index (χ3v) is 5.00.